The SMILES string of the molecule is CCCNC(Cc1nccn1C)c1ccc(Cl)c(F)c1. The van der Waals surface area contributed by atoms with Gasteiger partial charge < -0.3 is 9.88 Å². The molecule has 0 amide bonds. The molecule has 0 fully saturated rings. The molecule has 0 bridgehead atoms. The Kier molecular flexibility index (Phi) is 5.15. The summed E-state index contributed by atoms with van der Waals surface area (Å²) in [4.78, 5) is 4.33. The quantitative estimate of drug-likeness (QED) is 0.884. The van der Waals surface area contributed by atoms with Crippen LogP contribution in [0.3, 0.4) is 0 Å². The number of nitrogens with one attached hydrogen (secondary N) is 1. The van der Waals surface area contributed by atoms with Gasteiger partial charge in [-0.1, -0.05) is 24.6 Å². The van der Waals surface area contributed by atoms with Crippen LogP contribution in [-0.2, 0) is 13.5 Å². The zero-order valence-electron chi connectivity index (χ0n) is 11.7. The predicted molar refractivity (Wildman–Crippen MR) is 79.4 cm³/mol. The molecule has 0 saturated carbocycles. The van der Waals surface area contributed by atoms with Crippen LogP contribution in [-0.4, -0.2) is 16.1 Å². The van der Waals surface area contributed by atoms with Gasteiger partial charge in [0, 0.05) is 31.9 Å². The van der Waals surface area contributed by atoms with Gasteiger partial charge in [-0.15, -0.1) is 0 Å². The minimum atomic E-state index is -0.382. The second-order valence-electron chi connectivity index (χ2n) is 4.84. The molecule has 0 aliphatic heterocycles. The fraction of sp³-hybridized carbons (Fsp3) is 0.400. The molecule has 1 heterocycles. The Balaban J connectivity index is 2.22. The summed E-state index contributed by atoms with van der Waals surface area (Å²) in [6.07, 6.45) is 5.42. The Morgan fingerprint density at radius 1 is 1.45 bits per heavy atom. The van der Waals surface area contributed by atoms with E-state index in [0.717, 1.165) is 24.4 Å². The standard InChI is InChI=1S/C15H19ClFN3/c1-3-6-18-14(10-15-19-7-8-20(15)2)11-4-5-12(16)13(17)9-11/h4-5,7-9,14,18H,3,6,10H2,1-2H3. The van der Waals surface area contributed by atoms with Gasteiger partial charge in [-0.2, -0.15) is 0 Å². The van der Waals surface area contributed by atoms with Crippen molar-refractivity contribution >= 4 is 11.6 Å². The van der Waals surface area contributed by atoms with E-state index in [1.54, 1.807) is 12.3 Å². The van der Waals surface area contributed by atoms with Crippen LogP contribution >= 0.6 is 11.6 Å². The summed E-state index contributed by atoms with van der Waals surface area (Å²) in [5.41, 5.74) is 0.892. The van der Waals surface area contributed by atoms with E-state index in [-0.39, 0.29) is 16.9 Å². The van der Waals surface area contributed by atoms with E-state index in [4.69, 9.17) is 11.6 Å². The topological polar surface area (TPSA) is 29.9 Å². The van der Waals surface area contributed by atoms with Gasteiger partial charge in [0.2, 0.25) is 0 Å². The number of halogens is 2. The Morgan fingerprint density at radius 3 is 2.85 bits per heavy atom. The van der Waals surface area contributed by atoms with Gasteiger partial charge in [0.05, 0.1) is 5.02 Å². The van der Waals surface area contributed by atoms with E-state index < -0.39 is 0 Å². The lowest BCUT2D eigenvalue weighted by Gasteiger charge is -2.19. The highest BCUT2D eigenvalue weighted by Gasteiger charge is 2.15. The molecular weight excluding hydrogens is 277 g/mol. The average Bonchev–Trinajstić information content (AvgIpc) is 2.83. The highest BCUT2D eigenvalue weighted by atomic mass is 35.5. The molecule has 1 unspecified atom stereocenters. The van der Waals surface area contributed by atoms with Gasteiger partial charge >= 0.3 is 0 Å². The van der Waals surface area contributed by atoms with Gasteiger partial charge in [0.25, 0.3) is 0 Å². The summed E-state index contributed by atoms with van der Waals surface area (Å²) in [5, 5.41) is 3.59. The van der Waals surface area contributed by atoms with E-state index in [9.17, 15) is 4.39 Å². The average molecular weight is 296 g/mol. The molecule has 5 heteroatoms. The molecule has 0 saturated heterocycles. The van der Waals surface area contributed by atoms with Crippen molar-refractivity contribution in [2.24, 2.45) is 7.05 Å². The highest BCUT2D eigenvalue weighted by molar-refractivity contribution is 6.30. The van der Waals surface area contributed by atoms with Crippen molar-refractivity contribution in [1.29, 1.82) is 0 Å². The largest absolute Gasteiger partial charge is 0.338 e. The third-order valence-electron chi connectivity index (χ3n) is 3.29. The van der Waals surface area contributed by atoms with Gasteiger partial charge in [0.1, 0.15) is 11.6 Å². The van der Waals surface area contributed by atoms with Crippen molar-refractivity contribution in [2.45, 2.75) is 25.8 Å². The minimum Gasteiger partial charge on any atom is -0.338 e. The molecule has 108 valence electrons. The van der Waals surface area contributed by atoms with Gasteiger partial charge in [0.15, 0.2) is 0 Å². The summed E-state index contributed by atoms with van der Waals surface area (Å²) < 4.78 is 15.6. The van der Waals surface area contributed by atoms with E-state index in [1.165, 1.54) is 6.07 Å². The Labute approximate surface area is 123 Å². The van der Waals surface area contributed by atoms with Crippen LogP contribution in [0, 0.1) is 5.82 Å². The first-order valence-electron chi connectivity index (χ1n) is 6.76. The van der Waals surface area contributed by atoms with Crippen LogP contribution in [0.1, 0.15) is 30.8 Å². The number of hydrogen-bond donors (Lipinski definition) is 1. The van der Waals surface area contributed by atoms with Crippen molar-refractivity contribution in [1.82, 2.24) is 14.9 Å². The third-order valence-corrected chi connectivity index (χ3v) is 3.60. The second-order valence-corrected chi connectivity index (χ2v) is 5.25. The molecule has 1 atom stereocenters. The van der Waals surface area contributed by atoms with E-state index >= 15 is 0 Å². The van der Waals surface area contributed by atoms with Crippen LogP contribution in [0.25, 0.3) is 0 Å². The summed E-state index contributed by atoms with van der Waals surface area (Å²) in [7, 11) is 1.96. The van der Waals surface area contributed by atoms with Gasteiger partial charge in [-0.05, 0) is 30.7 Å². The number of nitrogens with zero attached hydrogens (tertiary/aromatic N) is 2. The smallest absolute Gasteiger partial charge is 0.142 e. The molecule has 20 heavy (non-hydrogen) atoms. The monoisotopic (exact) mass is 295 g/mol. The summed E-state index contributed by atoms with van der Waals surface area (Å²) in [6.45, 7) is 2.98. The molecule has 3 nitrogen and oxygen atoms in total. The first-order chi connectivity index (χ1) is 9.61. The lowest BCUT2D eigenvalue weighted by molar-refractivity contribution is 0.508. The molecule has 1 N–H and O–H groups in total. The molecule has 2 rings (SSSR count). The van der Waals surface area contributed by atoms with E-state index in [2.05, 4.69) is 17.2 Å². The number of benzene rings is 1. The van der Waals surface area contributed by atoms with E-state index in [0.29, 0.717) is 6.42 Å². The molecule has 0 spiro atoms. The molecule has 0 radical (unpaired) electrons. The second kappa shape index (κ2) is 6.86. The number of hydrogen-bond acceptors (Lipinski definition) is 2. The number of aryl methyl sites for hydroxylation is 1. The third kappa shape index (κ3) is 3.58. The van der Waals surface area contributed by atoms with Gasteiger partial charge in [-0.3, -0.25) is 0 Å². The van der Waals surface area contributed by atoms with Crippen LogP contribution in [0.15, 0.2) is 30.6 Å². The van der Waals surface area contributed by atoms with Gasteiger partial charge in [-0.25, -0.2) is 9.37 Å². The molecular formula is C15H19ClFN3. The molecule has 0 aliphatic carbocycles. The summed E-state index contributed by atoms with van der Waals surface area (Å²) in [6, 6.07) is 4.99. The van der Waals surface area contributed by atoms with Crippen LogP contribution < -0.4 is 5.32 Å². The molecule has 1 aromatic carbocycles. The zero-order valence-corrected chi connectivity index (χ0v) is 12.5. The lowest BCUT2D eigenvalue weighted by Crippen LogP contribution is -2.25. The predicted octanol–water partition coefficient (Wildman–Crippen LogP) is 3.50. The number of imidazole rings is 1. The first-order valence-corrected chi connectivity index (χ1v) is 7.14. The highest BCUT2D eigenvalue weighted by Crippen LogP contribution is 2.22. The Hall–Kier alpha value is -1.39. The normalized spacial score (nSPS) is 12.6. The van der Waals surface area contributed by atoms with Crippen molar-refractivity contribution in [2.75, 3.05) is 6.54 Å². The number of aromatic nitrogens is 2. The van der Waals surface area contributed by atoms with Crippen molar-refractivity contribution in [3.63, 3.8) is 0 Å². The minimum absolute atomic E-state index is 0.0304. The fourth-order valence-electron chi connectivity index (χ4n) is 2.13. The Morgan fingerprint density at radius 2 is 2.25 bits per heavy atom. The fourth-order valence-corrected chi connectivity index (χ4v) is 2.25. The molecule has 1 aromatic heterocycles. The van der Waals surface area contributed by atoms with Crippen LogP contribution in [0.5, 0.6) is 0 Å². The molecule has 2 aromatic rings. The maximum Gasteiger partial charge on any atom is 0.142 e. The van der Waals surface area contributed by atoms with Crippen LogP contribution in [0.2, 0.25) is 5.02 Å². The van der Waals surface area contributed by atoms with Crippen LogP contribution in [0.4, 0.5) is 4.39 Å². The maximum atomic E-state index is 13.6. The molecule has 0 aliphatic rings. The zero-order chi connectivity index (χ0) is 14.5. The lowest BCUT2D eigenvalue weighted by atomic mass is 10.0. The number of rotatable bonds is 6. The first kappa shape index (κ1) is 15.0. The Bertz CT molecular complexity index is 568. The van der Waals surface area contributed by atoms with Crippen molar-refractivity contribution in [3.05, 3.63) is 52.8 Å². The summed E-state index contributed by atoms with van der Waals surface area (Å²) >= 11 is 5.75. The maximum absolute atomic E-state index is 13.6. The van der Waals surface area contributed by atoms with Crippen molar-refractivity contribution in [3.8, 4) is 0 Å². The summed E-state index contributed by atoms with van der Waals surface area (Å²) in [5.74, 6) is 0.585. The van der Waals surface area contributed by atoms with E-state index in [1.807, 2.05) is 23.9 Å². The van der Waals surface area contributed by atoms with Crippen molar-refractivity contribution < 1.29 is 4.39 Å².